The van der Waals surface area contributed by atoms with E-state index in [0.717, 1.165) is 17.0 Å². The third kappa shape index (κ3) is 4.34. The number of anilines is 3. The minimum atomic E-state index is -3.63. The second-order valence-corrected chi connectivity index (χ2v) is 8.55. The number of hydrogen-bond acceptors (Lipinski definition) is 6. The minimum Gasteiger partial charge on any atom is -0.339 e. The first-order valence-electron chi connectivity index (χ1n) is 7.75. The maximum Gasteiger partial charge on any atom is 0.272 e. The summed E-state index contributed by atoms with van der Waals surface area (Å²) in [6.45, 7) is 4.00. The van der Waals surface area contributed by atoms with Crippen LogP contribution in [-0.4, -0.2) is 18.6 Å². The fourth-order valence-electron chi connectivity index (χ4n) is 2.12. The van der Waals surface area contributed by atoms with Crippen LogP contribution in [0.4, 0.5) is 17.3 Å². The Kier molecular flexibility index (Phi) is 5.00. The molecule has 0 aliphatic heterocycles. The zero-order valence-electron chi connectivity index (χ0n) is 13.9. The summed E-state index contributed by atoms with van der Waals surface area (Å²) < 4.78 is 27.4. The van der Waals surface area contributed by atoms with Gasteiger partial charge in [-0.3, -0.25) is 4.72 Å². The smallest absolute Gasteiger partial charge is 0.272 e. The summed E-state index contributed by atoms with van der Waals surface area (Å²) in [5.74, 6) is 0.720. The van der Waals surface area contributed by atoms with Crippen LogP contribution >= 0.6 is 11.3 Å². The average molecular weight is 374 g/mol. The van der Waals surface area contributed by atoms with Crippen molar-refractivity contribution in [3.05, 3.63) is 59.0 Å². The molecule has 8 heteroatoms. The van der Waals surface area contributed by atoms with E-state index in [2.05, 4.69) is 20.2 Å². The van der Waals surface area contributed by atoms with Gasteiger partial charge in [0, 0.05) is 10.6 Å². The molecule has 3 aromatic rings. The van der Waals surface area contributed by atoms with Crippen LogP contribution in [-0.2, 0) is 16.4 Å². The van der Waals surface area contributed by atoms with E-state index < -0.39 is 10.0 Å². The molecule has 0 radical (unpaired) electrons. The maximum absolute atomic E-state index is 12.4. The molecule has 130 valence electrons. The summed E-state index contributed by atoms with van der Waals surface area (Å²) in [7, 11) is -3.63. The van der Waals surface area contributed by atoms with Crippen molar-refractivity contribution in [2.24, 2.45) is 0 Å². The molecule has 2 aromatic heterocycles. The maximum atomic E-state index is 12.4. The third-order valence-corrected chi connectivity index (χ3v) is 6.55. The molecule has 0 fully saturated rings. The zero-order chi connectivity index (χ0) is 17.9. The van der Waals surface area contributed by atoms with Gasteiger partial charge in [0.25, 0.3) is 10.0 Å². The Morgan fingerprint density at radius 2 is 1.64 bits per heavy atom. The van der Waals surface area contributed by atoms with E-state index in [9.17, 15) is 8.42 Å². The normalized spacial score (nSPS) is 11.3. The van der Waals surface area contributed by atoms with Gasteiger partial charge in [0.1, 0.15) is 4.21 Å². The van der Waals surface area contributed by atoms with E-state index in [1.165, 1.54) is 16.9 Å². The fourth-order valence-corrected chi connectivity index (χ4v) is 4.41. The van der Waals surface area contributed by atoms with Gasteiger partial charge in [-0.15, -0.1) is 21.5 Å². The van der Waals surface area contributed by atoms with E-state index in [1.54, 1.807) is 18.2 Å². The molecule has 0 spiro atoms. The van der Waals surface area contributed by atoms with Gasteiger partial charge < -0.3 is 5.32 Å². The third-order valence-electron chi connectivity index (χ3n) is 3.48. The molecular weight excluding hydrogens is 356 g/mol. The highest BCUT2D eigenvalue weighted by atomic mass is 32.2. The van der Waals surface area contributed by atoms with Crippen LogP contribution in [0.3, 0.4) is 0 Å². The Balaban J connectivity index is 1.70. The van der Waals surface area contributed by atoms with E-state index in [0.29, 0.717) is 5.82 Å². The Hall–Kier alpha value is -2.45. The number of thiophene rings is 1. The van der Waals surface area contributed by atoms with Gasteiger partial charge in [-0.2, -0.15) is 0 Å². The van der Waals surface area contributed by atoms with Crippen molar-refractivity contribution in [3.63, 3.8) is 0 Å². The monoisotopic (exact) mass is 374 g/mol. The molecule has 0 atom stereocenters. The van der Waals surface area contributed by atoms with E-state index in [1.807, 2.05) is 44.2 Å². The number of aryl methyl sites for hydroxylation is 2. The molecule has 0 saturated heterocycles. The molecule has 0 bridgehead atoms. The van der Waals surface area contributed by atoms with Gasteiger partial charge in [-0.05, 0) is 49.7 Å². The van der Waals surface area contributed by atoms with Crippen molar-refractivity contribution in [1.82, 2.24) is 10.2 Å². The Morgan fingerprint density at radius 1 is 0.960 bits per heavy atom. The van der Waals surface area contributed by atoms with E-state index in [-0.39, 0.29) is 10.0 Å². The summed E-state index contributed by atoms with van der Waals surface area (Å²) >= 11 is 1.25. The Morgan fingerprint density at radius 3 is 2.24 bits per heavy atom. The van der Waals surface area contributed by atoms with Crippen molar-refractivity contribution in [3.8, 4) is 0 Å². The predicted molar refractivity (Wildman–Crippen MR) is 101 cm³/mol. The highest BCUT2D eigenvalue weighted by molar-refractivity contribution is 7.94. The van der Waals surface area contributed by atoms with Crippen molar-refractivity contribution in [2.75, 3.05) is 10.0 Å². The van der Waals surface area contributed by atoms with Gasteiger partial charge in [0.2, 0.25) is 0 Å². The second-order valence-electron chi connectivity index (χ2n) is 5.47. The number of rotatable bonds is 6. The molecule has 0 amide bonds. The second kappa shape index (κ2) is 7.20. The molecule has 1 aromatic carbocycles. The van der Waals surface area contributed by atoms with E-state index >= 15 is 0 Å². The van der Waals surface area contributed by atoms with Crippen LogP contribution in [0.5, 0.6) is 0 Å². The van der Waals surface area contributed by atoms with Crippen LogP contribution in [0.2, 0.25) is 0 Å². The molecule has 6 nitrogen and oxygen atoms in total. The summed E-state index contributed by atoms with van der Waals surface area (Å²) in [4.78, 5) is 1.02. The van der Waals surface area contributed by atoms with Crippen LogP contribution in [0, 0.1) is 6.92 Å². The molecule has 0 saturated carbocycles. The molecular formula is C17H18N4O2S2. The fraction of sp³-hybridized carbons (Fsp3) is 0.176. The van der Waals surface area contributed by atoms with Crippen LogP contribution in [0.15, 0.2) is 52.7 Å². The molecule has 0 unspecified atom stereocenters. The lowest BCUT2D eigenvalue weighted by Crippen LogP contribution is -2.13. The highest BCUT2D eigenvalue weighted by Gasteiger charge is 2.17. The van der Waals surface area contributed by atoms with Crippen molar-refractivity contribution >= 4 is 38.7 Å². The average Bonchev–Trinajstić information content (AvgIpc) is 3.09. The largest absolute Gasteiger partial charge is 0.339 e. The van der Waals surface area contributed by atoms with Crippen LogP contribution in [0.1, 0.15) is 17.4 Å². The lowest BCUT2D eigenvalue weighted by Gasteiger charge is -2.07. The van der Waals surface area contributed by atoms with Crippen molar-refractivity contribution < 1.29 is 8.42 Å². The first kappa shape index (κ1) is 17.4. The van der Waals surface area contributed by atoms with Gasteiger partial charge in [0.15, 0.2) is 11.6 Å². The minimum absolute atomic E-state index is 0.181. The number of sulfonamides is 1. The number of hydrogen-bond donors (Lipinski definition) is 2. The highest BCUT2D eigenvalue weighted by Crippen LogP contribution is 2.24. The predicted octanol–water partition coefficient (Wildman–Crippen LogP) is 3.95. The van der Waals surface area contributed by atoms with Gasteiger partial charge in [-0.25, -0.2) is 8.42 Å². The summed E-state index contributed by atoms with van der Waals surface area (Å²) in [6, 6.07) is 14.5. The number of nitrogens with one attached hydrogen (secondary N) is 2. The standard InChI is InChI=1S/C17H18N4O2S2/c1-3-14-8-11-17(24-14)25(22,23)21-16-10-9-15(19-20-16)18-13-6-4-12(2)5-7-13/h4-11H,3H2,1-2H3,(H,18,19)(H,20,21). The van der Waals surface area contributed by atoms with Crippen molar-refractivity contribution in [1.29, 1.82) is 0 Å². The number of aromatic nitrogens is 2. The van der Waals surface area contributed by atoms with Gasteiger partial charge in [0.05, 0.1) is 0 Å². The van der Waals surface area contributed by atoms with Gasteiger partial charge in [-0.1, -0.05) is 24.6 Å². The Bertz CT molecular complexity index is 949. The first-order chi connectivity index (χ1) is 12.0. The lowest BCUT2D eigenvalue weighted by molar-refractivity contribution is 0.603. The first-order valence-corrected chi connectivity index (χ1v) is 10.1. The molecule has 3 rings (SSSR count). The number of nitrogens with zero attached hydrogens (tertiary/aromatic N) is 2. The zero-order valence-corrected chi connectivity index (χ0v) is 15.5. The van der Waals surface area contributed by atoms with Crippen LogP contribution < -0.4 is 10.0 Å². The topological polar surface area (TPSA) is 84.0 Å². The lowest BCUT2D eigenvalue weighted by atomic mass is 10.2. The summed E-state index contributed by atoms with van der Waals surface area (Å²) in [6.07, 6.45) is 0.805. The number of benzene rings is 1. The SMILES string of the molecule is CCc1ccc(S(=O)(=O)Nc2ccc(Nc3ccc(C)cc3)nn2)s1. The molecule has 2 heterocycles. The molecule has 0 aliphatic carbocycles. The van der Waals surface area contributed by atoms with Crippen molar-refractivity contribution in [2.45, 2.75) is 24.5 Å². The molecule has 25 heavy (non-hydrogen) atoms. The summed E-state index contributed by atoms with van der Waals surface area (Å²) in [5.41, 5.74) is 2.06. The van der Waals surface area contributed by atoms with Crippen LogP contribution in [0.25, 0.3) is 0 Å². The molecule has 0 aliphatic rings. The molecule has 2 N–H and O–H groups in total. The van der Waals surface area contributed by atoms with Gasteiger partial charge >= 0.3 is 0 Å². The summed E-state index contributed by atoms with van der Waals surface area (Å²) in [5, 5.41) is 11.1. The Labute approximate surface area is 151 Å². The quantitative estimate of drug-likeness (QED) is 0.682. The van der Waals surface area contributed by atoms with E-state index in [4.69, 9.17) is 0 Å².